The maximum atomic E-state index is 5.49. The van der Waals surface area contributed by atoms with Crippen molar-refractivity contribution < 1.29 is 0 Å². The van der Waals surface area contributed by atoms with Crippen LogP contribution in [0, 0.1) is 0 Å². The Morgan fingerprint density at radius 1 is 1.29 bits per heavy atom. The molecule has 5 nitrogen and oxygen atoms in total. The summed E-state index contributed by atoms with van der Waals surface area (Å²) in [6.07, 6.45) is 0.783. The average Bonchev–Trinajstić information content (AvgIpc) is 2.53. The van der Waals surface area contributed by atoms with Gasteiger partial charge in [-0.15, -0.1) is 10.2 Å². The molecule has 0 aliphatic heterocycles. The lowest BCUT2D eigenvalue weighted by Gasteiger charge is -2.18. The summed E-state index contributed by atoms with van der Waals surface area (Å²) in [4.78, 5) is 2.17. The minimum Gasteiger partial charge on any atom is -0.341 e. The minimum absolute atomic E-state index is 0.615. The van der Waals surface area contributed by atoms with Crippen LogP contribution in [0.3, 0.4) is 0 Å². The smallest absolute Gasteiger partial charge is 0.226 e. The van der Waals surface area contributed by atoms with Gasteiger partial charge in [0, 0.05) is 26.6 Å². The van der Waals surface area contributed by atoms with E-state index in [1.165, 1.54) is 0 Å². The fraction of sp³-hybridized carbons (Fsp3) is 0.778. The maximum absolute atomic E-state index is 5.49. The second-order valence-electron chi connectivity index (χ2n) is 3.19. The highest BCUT2D eigenvalue weighted by atomic mass is 15.4. The molecular formula is C9H19N5. The Balaban J connectivity index is 2.87. The molecule has 0 spiro atoms. The molecule has 1 rings (SSSR count). The predicted octanol–water partition coefficient (Wildman–Crippen LogP) is 0.162. The van der Waals surface area contributed by atoms with Gasteiger partial charge in [0.1, 0.15) is 5.82 Å². The summed E-state index contributed by atoms with van der Waals surface area (Å²) < 4.78 is 2.01. The summed E-state index contributed by atoms with van der Waals surface area (Å²) in [5.41, 5.74) is 5.49. The number of nitrogens with zero attached hydrogens (tertiary/aromatic N) is 4. The Labute approximate surface area is 84.9 Å². The highest BCUT2D eigenvalue weighted by molar-refractivity contribution is 5.30. The summed E-state index contributed by atoms with van der Waals surface area (Å²) >= 11 is 0. The molecule has 1 heterocycles. The van der Waals surface area contributed by atoms with E-state index in [4.69, 9.17) is 5.73 Å². The number of hydrogen-bond donors (Lipinski definition) is 1. The quantitative estimate of drug-likeness (QED) is 0.730. The molecule has 14 heavy (non-hydrogen) atoms. The third-order valence-electron chi connectivity index (χ3n) is 2.36. The van der Waals surface area contributed by atoms with Gasteiger partial charge in [-0.25, -0.2) is 0 Å². The van der Waals surface area contributed by atoms with Crippen LogP contribution in [0.4, 0.5) is 5.95 Å². The lowest BCUT2D eigenvalue weighted by molar-refractivity contribution is 0.740. The third kappa shape index (κ3) is 2.04. The van der Waals surface area contributed by atoms with Gasteiger partial charge >= 0.3 is 0 Å². The van der Waals surface area contributed by atoms with E-state index in [1.807, 2.05) is 11.6 Å². The fourth-order valence-electron chi connectivity index (χ4n) is 1.48. The van der Waals surface area contributed by atoms with Crippen molar-refractivity contribution in [1.29, 1.82) is 0 Å². The Morgan fingerprint density at radius 2 is 1.93 bits per heavy atom. The van der Waals surface area contributed by atoms with E-state index in [1.54, 1.807) is 0 Å². The van der Waals surface area contributed by atoms with E-state index in [0.29, 0.717) is 6.54 Å². The van der Waals surface area contributed by atoms with Crippen LogP contribution in [0.25, 0.3) is 0 Å². The molecule has 0 fully saturated rings. The van der Waals surface area contributed by atoms with Crippen molar-refractivity contribution in [2.24, 2.45) is 12.8 Å². The monoisotopic (exact) mass is 197 g/mol. The van der Waals surface area contributed by atoms with E-state index in [-0.39, 0.29) is 0 Å². The van der Waals surface area contributed by atoms with Gasteiger partial charge in [-0.3, -0.25) is 0 Å². The zero-order valence-electron chi connectivity index (χ0n) is 9.19. The van der Waals surface area contributed by atoms with Crippen molar-refractivity contribution in [2.45, 2.75) is 20.3 Å². The van der Waals surface area contributed by atoms with E-state index in [9.17, 15) is 0 Å². The van der Waals surface area contributed by atoms with Crippen LogP contribution in [0.1, 0.15) is 19.7 Å². The van der Waals surface area contributed by atoms with Crippen molar-refractivity contribution in [3.8, 4) is 0 Å². The molecule has 1 aromatic rings. The molecule has 0 saturated heterocycles. The van der Waals surface area contributed by atoms with Gasteiger partial charge in [0.05, 0.1) is 0 Å². The second-order valence-corrected chi connectivity index (χ2v) is 3.19. The first-order chi connectivity index (χ1) is 6.74. The van der Waals surface area contributed by atoms with Crippen molar-refractivity contribution >= 4 is 5.95 Å². The Kier molecular flexibility index (Phi) is 3.88. The van der Waals surface area contributed by atoms with Gasteiger partial charge < -0.3 is 15.2 Å². The fourth-order valence-corrected chi connectivity index (χ4v) is 1.48. The first kappa shape index (κ1) is 11.0. The van der Waals surface area contributed by atoms with Crippen molar-refractivity contribution in [1.82, 2.24) is 14.8 Å². The largest absolute Gasteiger partial charge is 0.341 e. The Hall–Kier alpha value is -1.10. The normalized spacial score (nSPS) is 10.6. The van der Waals surface area contributed by atoms with Gasteiger partial charge in [-0.1, -0.05) is 0 Å². The van der Waals surface area contributed by atoms with Gasteiger partial charge in [-0.05, 0) is 20.4 Å². The molecule has 0 radical (unpaired) electrons. The van der Waals surface area contributed by atoms with Gasteiger partial charge in [0.15, 0.2) is 0 Å². The van der Waals surface area contributed by atoms with E-state index in [2.05, 4.69) is 28.9 Å². The van der Waals surface area contributed by atoms with Crippen molar-refractivity contribution in [3.63, 3.8) is 0 Å². The number of anilines is 1. The Morgan fingerprint density at radius 3 is 2.43 bits per heavy atom. The molecule has 80 valence electrons. The molecule has 2 N–H and O–H groups in total. The molecule has 0 amide bonds. The van der Waals surface area contributed by atoms with Crippen LogP contribution in [0.15, 0.2) is 0 Å². The summed E-state index contributed by atoms with van der Waals surface area (Å²) in [6.45, 7) is 6.74. The summed E-state index contributed by atoms with van der Waals surface area (Å²) in [7, 11) is 1.98. The lowest BCUT2D eigenvalue weighted by Crippen LogP contribution is -2.25. The molecule has 0 aliphatic carbocycles. The molecule has 0 unspecified atom stereocenters. The summed E-state index contributed by atoms with van der Waals surface area (Å²) in [5, 5.41) is 8.27. The maximum Gasteiger partial charge on any atom is 0.226 e. The van der Waals surface area contributed by atoms with Crippen LogP contribution in [0.2, 0.25) is 0 Å². The second kappa shape index (κ2) is 4.95. The predicted molar refractivity (Wildman–Crippen MR) is 57.3 cm³/mol. The first-order valence-electron chi connectivity index (χ1n) is 5.07. The average molecular weight is 197 g/mol. The van der Waals surface area contributed by atoms with Crippen LogP contribution >= 0.6 is 0 Å². The molecule has 5 heteroatoms. The van der Waals surface area contributed by atoms with Gasteiger partial charge in [-0.2, -0.15) is 0 Å². The number of nitrogens with two attached hydrogens (primary N) is 1. The molecule has 0 atom stereocenters. The molecule has 1 aromatic heterocycles. The van der Waals surface area contributed by atoms with Gasteiger partial charge in [0.25, 0.3) is 0 Å². The third-order valence-corrected chi connectivity index (χ3v) is 2.36. The minimum atomic E-state index is 0.615. The van der Waals surface area contributed by atoms with Crippen LogP contribution in [-0.4, -0.2) is 34.4 Å². The lowest BCUT2D eigenvalue weighted by atomic mass is 10.4. The SMILES string of the molecule is CCN(CC)c1nnc(CCN)n1C. The Bertz CT molecular complexity index is 277. The van der Waals surface area contributed by atoms with Gasteiger partial charge in [0.2, 0.25) is 5.95 Å². The number of hydrogen-bond acceptors (Lipinski definition) is 4. The molecule has 0 bridgehead atoms. The molecule has 0 aromatic carbocycles. The zero-order chi connectivity index (χ0) is 10.6. The number of aromatic nitrogens is 3. The molecule has 0 aliphatic rings. The van der Waals surface area contributed by atoms with E-state index < -0.39 is 0 Å². The standard InChI is InChI=1S/C9H19N5/c1-4-14(5-2)9-12-11-8(6-7-10)13(9)3/h4-7,10H2,1-3H3. The highest BCUT2D eigenvalue weighted by Gasteiger charge is 2.11. The van der Waals surface area contributed by atoms with Crippen LogP contribution in [0.5, 0.6) is 0 Å². The van der Waals surface area contributed by atoms with Crippen molar-refractivity contribution in [2.75, 3.05) is 24.5 Å². The first-order valence-corrected chi connectivity index (χ1v) is 5.07. The molecule has 0 saturated carbocycles. The van der Waals surface area contributed by atoms with Crippen LogP contribution in [-0.2, 0) is 13.5 Å². The highest BCUT2D eigenvalue weighted by Crippen LogP contribution is 2.10. The summed E-state index contributed by atoms with van der Waals surface area (Å²) in [6, 6.07) is 0. The molecular weight excluding hydrogens is 178 g/mol. The number of rotatable bonds is 5. The summed E-state index contributed by atoms with van der Waals surface area (Å²) in [5.74, 6) is 1.88. The van der Waals surface area contributed by atoms with E-state index in [0.717, 1.165) is 31.3 Å². The van der Waals surface area contributed by atoms with Crippen molar-refractivity contribution in [3.05, 3.63) is 5.82 Å². The van der Waals surface area contributed by atoms with E-state index >= 15 is 0 Å². The topological polar surface area (TPSA) is 60.0 Å². The van der Waals surface area contributed by atoms with Crippen LogP contribution < -0.4 is 10.6 Å². The zero-order valence-corrected chi connectivity index (χ0v) is 9.19.